The van der Waals surface area contributed by atoms with Gasteiger partial charge in [-0.05, 0) is 13.3 Å². The van der Waals surface area contributed by atoms with E-state index in [2.05, 4.69) is 0 Å². The Bertz CT molecular complexity index is 114. The van der Waals surface area contributed by atoms with Crippen LogP contribution in [0.1, 0.15) is 19.8 Å². The number of carboxylic acids is 1. The van der Waals surface area contributed by atoms with E-state index in [4.69, 9.17) is 16.6 Å². The van der Waals surface area contributed by atoms with E-state index in [1.807, 2.05) is 0 Å². The molecule has 60 valence electrons. The Kier molecular flexibility index (Phi) is 3.99. The van der Waals surface area contributed by atoms with E-state index in [0.717, 1.165) is 0 Å². The lowest BCUT2D eigenvalue weighted by molar-refractivity contribution is -0.137. The second kappa shape index (κ2) is 4.24. The summed E-state index contributed by atoms with van der Waals surface area (Å²) >= 11 is 0. The number of carbonyl (C=O) groups is 1. The monoisotopic (exact) mass is 146 g/mol. The van der Waals surface area contributed by atoms with Gasteiger partial charge >= 0.3 is 5.97 Å². The second-order valence-corrected chi connectivity index (χ2v) is 2.46. The van der Waals surface area contributed by atoms with Crippen LogP contribution in [0.25, 0.3) is 0 Å². The minimum atomic E-state index is -0.823. The third kappa shape index (κ3) is 4.29. The van der Waals surface area contributed by atoms with Crippen molar-refractivity contribution in [2.45, 2.75) is 31.8 Å². The molecule has 4 heteroatoms. The molecule has 0 heterocycles. The highest BCUT2D eigenvalue weighted by atomic mass is 16.4. The topological polar surface area (TPSA) is 89.3 Å². The van der Waals surface area contributed by atoms with Gasteiger partial charge in [-0.2, -0.15) is 0 Å². The van der Waals surface area contributed by atoms with Crippen LogP contribution in [0.3, 0.4) is 0 Å². The first-order valence-electron chi connectivity index (χ1n) is 3.27. The van der Waals surface area contributed by atoms with Crippen LogP contribution in [-0.4, -0.2) is 23.2 Å². The molecule has 0 saturated heterocycles. The van der Waals surface area contributed by atoms with E-state index in [1.54, 1.807) is 6.92 Å². The van der Waals surface area contributed by atoms with Crippen LogP contribution in [0.4, 0.5) is 0 Å². The summed E-state index contributed by atoms with van der Waals surface area (Å²) in [6.45, 7) is 1.77. The number of nitrogens with two attached hydrogens (primary N) is 2. The molecule has 0 aromatic rings. The normalized spacial score (nSPS) is 16.3. The lowest BCUT2D eigenvalue weighted by Crippen LogP contribution is -2.39. The first-order valence-corrected chi connectivity index (χ1v) is 3.27. The highest BCUT2D eigenvalue weighted by molar-refractivity contribution is 5.66. The predicted octanol–water partition coefficient (Wildman–Crippen LogP) is -0.474. The van der Waals surface area contributed by atoms with Crippen LogP contribution in [0.15, 0.2) is 0 Å². The summed E-state index contributed by atoms with van der Waals surface area (Å²) in [5, 5.41) is 8.25. The van der Waals surface area contributed by atoms with Crippen LogP contribution in [0.2, 0.25) is 0 Å². The first-order chi connectivity index (χ1) is 4.54. The number of carboxylic acid groups (broad SMARTS) is 1. The number of hydrogen-bond acceptors (Lipinski definition) is 3. The molecule has 4 nitrogen and oxygen atoms in total. The van der Waals surface area contributed by atoms with E-state index >= 15 is 0 Å². The van der Waals surface area contributed by atoms with Gasteiger partial charge in [0.05, 0.1) is 0 Å². The van der Waals surface area contributed by atoms with Crippen molar-refractivity contribution in [3.05, 3.63) is 0 Å². The standard InChI is InChI=1S/C6H14N2O2/c1-4(7)5(8)2-3-6(9)10/h4-5H,2-3,7-8H2,1H3,(H,9,10). The molecule has 5 N–H and O–H groups in total. The lowest BCUT2D eigenvalue weighted by atomic mass is 10.1. The van der Waals surface area contributed by atoms with Crippen molar-refractivity contribution in [3.63, 3.8) is 0 Å². The van der Waals surface area contributed by atoms with Gasteiger partial charge in [-0.15, -0.1) is 0 Å². The van der Waals surface area contributed by atoms with Gasteiger partial charge in [0.2, 0.25) is 0 Å². The maximum Gasteiger partial charge on any atom is 0.303 e. The molecule has 0 fully saturated rings. The van der Waals surface area contributed by atoms with Gasteiger partial charge in [-0.3, -0.25) is 4.79 Å². The highest BCUT2D eigenvalue weighted by Crippen LogP contribution is 1.96. The van der Waals surface area contributed by atoms with E-state index in [-0.39, 0.29) is 18.5 Å². The summed E-state index contributed by atoms with van der Waals surface area (Å²) < 4.78 is 0. The fraction of sp³-hybridized carbons (Fsp3) is 0.833. The quantitative estimate of drug-likeness (QED) is 0.500. The third-order valence-corrected chi connectivity index (χ3v) is 1.37. The molecule has 0 aliphatic rings. The molecular formula is C6H14N2O2. The summed E-state index contributed by atoms with van der Waals surface area (Å²) in [5.41, 5.74) is 10.9. The Morgan fingerprint density at radius 3 is 2.40 bits per heavy atom. The van der Waals surface area contributed by atoms with Gasteiger partial charge in [0.25, 0.3) is 0 Å². The molecule has 2 atom stereocenters. The van der Waals surface area contributed by atoms with E-state index < -0.39 is 5.97 Å². The molecule has 0 aromatic heterocycles. The summed E-state index contributed by atoms with van der Waals surface area (Å²) in [5.74, 6) is -0.823. The molecular weight excluding hydrogens is 132 g/mol. The van der Waals surface area contributed by atoms with Gasteiger partial charge in [0, 0.05) is 18.5 Å². The Morgan fingerprint density at radius 2 is 2.10 bits per heavy atom. The van der Waals surface area contributed by atoms with Crippen LogP contribution in [-0.2, 0) is 4.79 Å². The van der Waals surface area contributed by atoms with E-state index in [9.17, 15) is 4.79 Å². The zero-order valence-electron chi connectivity index (χ0n) is 6.08. The van der Waals surface area contributed by atoms with Gasteiger partial charge in [-0.25, -0.2) is 0 Å². The molecule has 2 unspecified atom stereocenters. The SMILES string of the molecule is CC(N)C(N)CCC(=O)O. The number of hydrogen-bond donors (Lipinski definition) is 3. The molecule has 0 aromatic carbocycles. The molecule has 0 aliphatic carbocycles. The fourth-order valence-electron chi connectivity index (χ4n) is 0.553. The maximum atomic E-state index is 10.0. The minimum Gasteiger partial charge on any atom is -0.481 e. The Morgan fingerprint density at radius 1 is 1.60 bits per heavy atom. The van der Waals surface area contributed by atoms with Crippen molar-refractivity contribution < 1.29 is 9.90 Å². The maximum absolute atomic E-state index is 10.0. The molecule has 0 bridgehead atoms. The van der Waals surface area contributed by atoms with Crippen LogP contribution in [0.5, 0.6) is 0 Å². The first kappa shape index (κ1) is 9.39. The third-order valence-electron chi connectivity index (χ3n) is 1.37. The Balaban J connectivity index is 3.39. The number of rotatable bonds is 4. The Labute approximate surface area is 60.2 Å². The highest BCUT2D eigenvalue weighted by Gasteiger charge is 2.08. The van der Waals surface area contributed by atoms with Crippen molar-refractivity contribution in [1.82, 2.24) is 0 Å². The molecule has 0 radical (unpaired) electrons. The summed E-state index contributed by atoms with van der Waals surface area (Å²) in [6.07, 6.45) is 0.551. The Hall–Kier alpha value is -0.610. The average Bonchev–Trinajstić information content (AvgIpc) is 1.82. The van der Waals surface area contributed by atoms with Crippen molar-refractivity contribution in [2.24, 2.45) is 11.5 Å². The van der Waals surface area contributed by atoms with Gasteiger partial charge in [-0.1, -0.05) is 0 Å². The molecule has 0 spiro atoms. The number of aliphatic carboxylic acids is 1. The predicted molar refractivity (Wildman–Crippen MR) is 38.5 cm³/mol. The van der Waals surface area contributed by atoms with Crippen molar-refractivity contribution in [1.29, 1.82) is 0 Å². The van der Waals surface area contributed by atoms with E-state index in [0.29, 0.717) is 6.42 Å². The minimum absolute atomic E-state index is 0.0999. The van der Waals surface area contributed by atoms with Crippen LogP contribution < -0.4 is 11.5 Å². The van der Waals surface area contributed by atoms with Crippen molar-refractivity contribution in [3.8, 4) is 0 Å². The smallest absolute Gasteiger partial charge is 0.303 e. The summed E-state index contributed by atoms with van der Waals surface area (Å²) in [7, 11) is 0. The zero-order chi connectivity index (χ0) is 8.15. The van der Waals surface area contributed by atoms with Crippen LogP contribution in [0, 0.1) is 0 Å². The van der Waals surface area contributed by atoms with Gasteiger partial charge in [0.15, 0.2) is 0 Å². The fourth-order valence-corrected chi connectivity index (χ4v) is 0.553. The largest absolute Gasteiger partial charge is 0.481 e. The summed E-state index contributed by atoms with van der Waals surface area (Å²) in [4.78, 5) is 10.0. The van der Waals surface area contributed by atoms with Gasteiger partial charge < -0.3 is 16.6 Å². The molecule has 0 amide bonds. The molecule has 0 rings (SSSR count). The molecule has 0 saturated carbocycles. The lowest BCUT2D eigenvalue weighted by Gasteiger charge is -2.13. The van der Waals surface area contributed by atoms with Crippen molar-refractivity contribution >= 4 is 5.97 Å². The molecule has 10 heavy (non-hydrogen) atoms. The molecule has 0 aliphatic heterocycles. The van der Waals surface area contributed by atoms with Gasteiger partial charge in [0.1, 0.15) is 0 Å². The second-order valence-electron chi connectivity index (χ2n) is 2.46. The average molecular weight is 146 g/mol. The summed E-state index contributed by atoms with van der Waals surface area (Å²) in [6, 6.07) is -0.324. The van der Waals surface area contributed by atoms with Crippen molar-refractivity contribution in [2.75, 3.05) is 0 Å². The zero-order valence-corrected chi connectivity index (χ0v) is 6.08. The van der Waals surface area contributed by atoms with E-state index in [1.165, 1.54) is 0 Å². The van der Waals surface area contributed by atoms with Crippen LogP contribution >= 0.6 is 0 Å².